The summed E-state index contributed by atoms with van der Waals surface area (Å²) in [5.74, 6) is -0.0148. The van der Waals surface area contributed by atoms with Crippen LogP contribution in [0.1, 0.15) is 15.9 Å². The summed E-state index contributed by atoms with van der Waals surface area (Å²) in [5, 5.41) is 0. The highest BCUT2D eigenvalue weighted by Gasteiger charge is 2.16. The van der Waals surface area contributed by atoms with E-state index in [9.17, 15) is 9.18 Å². The van der Waals surface area contributed by atoms with E-state index < -0.39 is 0 Å². The molecule has 0 aliphatic rings. The van der Waals surface area contributed by atoms with Gasteiger partial charge in [-0.2, -0.15) is 0 Å². The number of nitrogens with zero attached hydrogens (tertiary/aromatic N) is 1. The molecule has 0 saturated heterocycles. The molecule has 21 heavy (non-hydrogen) atoms. The van der Waals surface area contributed by atoms with E-state index >= 15 is 0 Å². The van der Waals surface area contributed by atoms with Crippen LogP contribution in [-0.4, -0.2) is 25.0 Å². The molecule has 0 heterocycles. The van der Waals surface area contributed by atoms with Gasteiger partial charge in [0.1, 0.15) is 11.6 Å². The van der Waals surface area contributed by atoms with Crippen LogP contribution in [0.5, 0.6) is 5.75 Å². The normalized spacial score (nSPS) is 10.2. The van der Waals surface area contributed by atoms with Crippen LogP contribution in [0.25, 0.3) is 0 Å². The first-order chi connectivity index (χ1) is 10.0. The molecule has 0 spiro atoms. The second kappa shape index (κ2) is 6.26. The monoisotopic (exact) mass is 288 g/mol. The van der Waals surface area contributed by atoms with Gasteiger partial charge in [-0.1, -0.05) is 18.2 Å². The fraction of sp³-hybridized carbons (Fsp3) is 0.188. The smallest absolute Gasteiger partial charge is 0.255 e. The van der Waals surface area contributed by atoms with Crippen molar-refractivity contribution in [3.05, 3.63) is 59.4 Å². The number of nitrogen functional groups attached to an aromatic ring is 1. The average Bonchev–Trinajstić information content (AvgIpc) is 2.48. The highest BCUT2D eigenvalue weighted by atomic mass is 19.1. The number of methoxy groups -OCH3 is 1. The zero-order valence-corrected chi connectivity index (χ0v) is 12.0. The van der Waals surface area contributed by atoms with Crippen molar-refractivity contribution >= 4 is 11.6 Å². The molecule has 0 radical (unpaired) electrons. The molecule has 0 bridgehead atoms. The second-order valence-corrected chi connectivity index (χ2v) is 4.71. The van der Waals surface area contributed by atoms with Gasteiger partial charge in [0.25, 0.3) is 5.91 Å². The Morgan fingerprint density at radius 2 is 2.00 bits per heavy atom. The molecule has 0 aliphatic carbocycles. The largest absolute Gasteiger partial charge is 0.497 e. The number of nitrogens with two attached hydrogens (primary N) is 1. The maximum Gasteiger partial charge on any atom is 0.255 e. The summed E-state index contributed by atoms with van der Waals surface area (Å²) in [4.78, 5) is 13.8. The van der Waals surface area contributed by atoms with E-state index in [1.165, 1.54) is 18.1 Å². The first kappa shape index (κ1) is 14.8. The number of rotatable bonds is 4. The molecule has 0 aliphatic heterocycles. The van der Waals surface area contributed by atoms with E-state index in [4.69, 9.17) is 10.5 Å². The molecule has 2 aromatic rings. The summed E-state index contributed by atoms with van der Waals surface area (Å²) in [5.41, 5.74) is 7.02. The van der Waals surface area contributed by atoms with E-state index in [2.05, 4.69) is 0 Å². The summed E-state index contributed by atoms with van der Waals surface area (Å²) in [6.07, 6.45) is 0. The predicted molar refractivity (Wildman–Crippen MR) is 79.6 cm³/mol. The van der Waals surface area contributed by atoms with Crippen LogP contribution in [0, 0.1) is 5.82 Å². The summed E-state index contributed by atoms with van der Waals surface area (Å²) in [6, 6.07) is 11.2. The number of benzene rings is 2. The van der Waals surface area contributed by atoms with E-state index in [0.717, 1.165) is 0 Å². The van der Waals surface area contributed by atoms with Crippen molar-refractivity contribution in [2.75, 3.05) is 19.9 Å². The van der Waals surface area contributed by atoms with Gasteiger partial charge in [-0.05, 0) is 18.2 Å². The Kier molecular flexibility index (Phi) is 4.42. The summed E-state index contributed by atoms with van der Waals surface area (Å²) >= 11 is 0. The molecule has 0 unspecified atom stereocenters. The van der Waals surface area contributed by atoms with Gasteiger partial charge in [-0.3, -0.25) is 4.79 Å². The zero-order valence-electron chi connectivity index (χ0n) is 12.0. The predicted octanol–water partition coefficient (Wildman–Crippen LogP) is 2.69. The quantitative estimate of drug-likeness (QED) is 0.880. The number of anilines is 1. The van der Waals surface area contributed by atoms with Crippen molar-refractivity contribution in [3.63, 3.8) is 0 Å². The number of carbonyl (C=O) groups is 1. The van der Waals surface area contributed by atoms with Crippen LogP contribution in [-0.2, 0) is 6.54 Å². The Labute approximate surface area is 122 Å². The molecule has 5 heteroatoms. The molecule has 2 N–H and O–H groups in total. The number of hydrogen-bond donors (Lipinski definition) is 1. The fourth-order valence-corrected chi connectivity index (χ4v) is 2.02. The van der Waals surface area contributed by atoms with Crippen molar-refractivity contribution < 1.29 is 13.9 Å². The van der Waals surface area contributed by atoms with Gasteiger partial charge in [0.15, 0.2) is 0 Å². The lowest BCUT2D eigenvalue weighted by molar-refractivity contribution is 0.0785. The Balaban J connectivity index is 2.18. The molecule has 4 nitrogen and oxygen atoms in total. The molecule has 0 saturated carbocycles. The Hall–Kier alpha value is -2.56. The van der Waals surface area contributed by atoms with Crippen LogP contribution in [0.15, 0.2) is 42.5 Å². The molecule has 0 fully saturated rings. The second-order valence-electron chi connectivity index (χ2n) is 4.71. The molecule has 2 rings (SSSR count). The van der Waals surface area contributed by atoms with Crippen LogP contribution in [0.3, 0.4) is 0 Å². The minimum absolute atomic E-state index is 0.178. The van der Waals surface area contributed by atoms with Gasteiger partial charge in [-0.15, -0.1) is 0 Å². The molecule has 1 amide bonds. The fourth-order valence-electron chi connectivity index (χ4n) is 2.02. The molecular weight excluding hydrogens is 271 g/mol. The van der Waals surface area contributed by atoms with Crippen LogP contribution in [0.4, 0.5) is 10.1 Å². The van der Waals surface area contributed by atoms with Crippen molar-refractivity contribution in [2.45, 2.75) is 6.54 Å². The Bertz CT molecular complexity index is 658. The topological polar surface area (TPSA) is 55.6 Å². The van der Waals surface area contributed by atoms with Crippen molar-refractivity contribution in [1.82, 2.24) is 4.90 Å². The average molecular weight is 288 g/mol. The van der Waals surface area contributed by atoms with Gasteiger partial charge in [0, 0.05) is 30.9 Å². The lowest BCUT2D eigenvalue weighted by Gasteiger charge is -2.19. The molecule has 2 aromatic carbocycles. The Morgan fingerprint density at radius 1 is 1.29 bits per heavy atom. The van der Waals surface area contributed by atoms with E-state index in [0.29, 0.717) is 22.6 Å². The number of amides is 1. The number of ether oxygens (including phenoxy) is 1. The van der Waals surface area contributed by atoms with Gasteiger partial charge in [0.05, 0.1) is 12.7 Å². The minimum atomic E-state index is -0.333. The minimum Gasteiger partial charge on any atom is -0.497 e. The number of halogens is 1. The maximum atomic E-state index is 13.6. The molecule has 110 valence electrons. The van der Waals surface area contributed by atoms with Crippen LogP contribution >= 0.6 is 0 Å². The highest BCUT2D eigenvalue weighted by molar-refractivity contribution is 5.99. The SMILES string of the molecule is COc1ccc(C(=O)N(C)Cc2ccccc2F)c(N)c1. The van der Waals surface area contributed by atoms with Crippen molar-refractivity contribution in [1.29, 1.82) is 0 Å². The van der Waals surface area contributed by atoms with Gasteiger partial charge < -0.3 is 15.4 Å². The summed E-state index contributed by atoms with van der Waals surface area (Å²) in [7, 11) is 3.14. The molecule has 0 atom stereocenters. The molecule has 0 aromatic heterocycles. The third-order valence-electron chi connectivity index (χ3n) is 3.20. The molecular formula is C16H17FN2O2. The zero-order chi connectivity index (χ0) is 15.4. The maximum absolute atomic E-state index is 13.6. The van der Waals surface area contributed by atoms with Crippen molar-refractivity contribution in [2.24, 2.45) is 0 Å². The third kappa shape index (κ3) is 3.31. The van der Waals surface area contributed by atoms with E-state index in [1.54, 1.807) is 43.4 Å². The lowest BCUT2D eigenvalue weighted by atomic mass is 10.1. The summed E-state index contributed by atoms with van der Waals surface area (Å²) < 4.78 is 18.7. The van der Waals surface area contributed by atoms with E-state index in [1.807, 2.05) is 0 Å². The lowest BCUT2D eigenvalue weighted by Crippen LogP contribution is -2.27. The third-order valence-corrected chi connectivity index (χ3v) is 3.20. The first-order valence-corrected chi connectivity index (χ1v) is 6.45. The van der Waals surface area contributed by atoms with Crippen molar-refractivity contribution in [3.8, 4) is 5.75 Å². The summed E-state index contributed by atoms with van der Waals surface area (Å²) in [6.45, 7) is 0.178. The number of hydrogen-bond acceptors (Lipinski definition) is 3. The Morgan fingerprint density at radius 3 is 2.62 bits per heavy atom. The van der Waals surface area contributed by atoms with Gasteiger partial charge in [0.2, 0.25) is 0 Å². The first-order valence-electron chi connectivity index (χ1n) is 6.45. The van der Waals surface area contributed by atoms with Gasteiger partial charge in [-0.25, -0.2) is 4.39 Å². The van der Waals surface area contributed by atoms with Gasteiger partial charge >= 0.3 is 0 Å². The van der Waals surface area contributed by atoms with Crippen LogP contribution < -0.4 is 10.5 Å². The van der Waals surface area contributed by atoms with Crippen LogP contribution in [0.2, 0.25) is 0 Å². The highest BCUT2D eigenvalue weighted by Crippen LogP contribution is 2.21. The number of carbonyl (C=O) groups excluding carboxylic acids is 1. The van der Waals surface area contributed by atoms with E-state index in [-0.39, 0.29) is 18.3 Å². The standard InChI is InChI=1S/C16H17FN2O2/c1-19(10-11-5-3-4-6-14(11)17)16(20)13-8-7-12(21-2)9-15(13)18/h3-9H,10,18H2,1-2H3.